The van der Waals surface area contributed by atoms with Crippen molar-refractivity contribution >= 4 is 9.84 Å². The molecule has 5 nitrogen and oxygen atoms in total. The van der Waals surface area contributed by atoms with E-state index in [1.807, 2.05) is 13.8 Å². The van der Waals surface area contributed by atoms with Crippen molar-refractivity contribution in [2.45, 2.75) is 31.6 Å². The number of benzene rings is 2. The van der Waals surface area contributed by atoms with Crippen LogP contribution in [0, 0.1) is 23.4 Å². The molecule has 1 aromatic heterocycles. The molecule has 0 unspecified atom stereocenters. The monoisotopic (exact) mass is 450 g/mol. The standard InChI is InChI=1S/C22H21F3N2O3S/c1-13(2)4-7-16-17(14-5-9-21(20(25)10-14)31(3,29)30)12-26-27(22(16)28)15-6-8-18(23)19(24)11-15/h5-6,8-13H,4,7H2,1-3H3. The molecular formula is C22H21F3N2O3S. The molecule has 2 aromatic carbocycles. The molecule has 0 saturated heterocycles. The Morgan fingerprint density at radius 3 is 2.29 bits per heavy atom. The minimum Gasteiger partial charge on any atom is -0.267 e. The summed E-state index contributed by atoms with van der Waals surface area (Å²) in [6.45, 7) is 3.96. The zero-order valence-corrected chi connectivity index (χ0v) is 18.0. The highest BCUT2D eigenvalue weighted by atomic mass is 32.2. The third kappa shape index (κ3) is 4.87. The second kappa shape index (κ2) is 8.66. The summed E-state index contributed by atoms with van der Waals surface area (Å²) in [5.74, 6) is -2.83. The number of halogens is 3. The van der Waals surface area contributed by atoms with E-state index in [0.717, 1.165) is 35.2 Å². The molecule has 0 fully saturated rings. The summed E-state index contributed by atoms with van der Waals surface area (Å²) in [7, 11) is -3.75. The van der Waals surface area contributed by atoms with E-state index in [9.17, 15) is 26.4 Å². The molecule has 0 N–H and O–H groups in total. The van der Waals surface area contributed by atoms with Crippen LogP contribution in [0.3, 0.4) is 0 Å². The second-order valence-corrected chi connectivity index (χ2v) is 9.69. The van der Waals surface area contributed by atoms with Crippen molar-refractivity contribution in [2.24, 2.45) is 5.92 Å². The van der Waals surface area contributed by atoms with Crippen molar-refractivity contribution in [1.82, 2.24) is 9.78 Å². The molecule has 164 valence electrons. The van der Waals surface area contributed by atoms with Gasteiger partial charge in [0.1, 0.15) is 10.7 Å². The Morgan fingerprint density at radius 2 is 1.71 bits per heavy atom. The van der Waals surface area contributed by atoms with Gasteiger partial charge in [0.25, 0.3) is 5.56 Å². The van der Waals surface area contributed by atoms with Crippen LogP contribution in [0.15, 0.2) is 52.3 Å². The molecule has 31 heavy (non-hydrogen) atoms. The highest BCUT2D eigenvalue weighted by Gasteiger charge is 2.19. The lowest BCUT2D eigenvalue weighted by atomic mass is 9.96. The molecule has 0 amide bonds. The number of rotatable bonds is 6. The largest absolute Gasteiger partial charge is 0.275 e. The number of hydrogen-bond acceptors (Lipinski definition) is 4. The highest BCUT2D eigenvalue weighted by molar-refractivity contribution is 7.90. The summed E-state index contributed by atoms with van der Waals surface area (Å²) in [5, 5.41) is 4.06. The van der Waals surface area contributed by atoms with E-state index in [1.54, 1.807) is 0 Å². The first-order chi connectivity index (χ1) is 14.5. The lowest BCUT2D eigenvalue weighted by Crippen LogP contribution is -2.26. The van der Waals surface area contributed by atoms with Gasteiger partial charge >= 0.3 is 0 Å². The van der Waals surface area contributed by atoms with Gasteiger partial charge in [-0.15, -0.1) is 0 Å². The van der Waals surface area contributed by atoms with Crippen molar-refractivity contribution in [3.05, 3.63) is 76.0 Å². The molecule has 3 rings (SSSR count). The fourth-order valence-corrected chi connectivity index (χ4v) is 3.91. The van der Waals surface area contributed by atoms with Crippen LogP contribution in [0.25, 0.3) is 16.8 Å². The van der Waals surface area contributed by atoms with Crippen molar-refractivity contribution in [1.29, 1.82) is 0 Å². The molecule has 0 aliphatic rings. The predicted molar refractivity (Wildman–Crippen MR) is 111 cm³/mol. The van der Waals surface area contributed by atoms with Gasteiger partial charge in [-0.3, -0.25) is 4.79 Å². The summed E-state index contributed by atoms with van der Waals surface area (Å²) < 4.78 is 65.7. The molecular weight excluding hydrogens is 429 g/mol. The highest BCUT2D eigenvalue weighted by Crippen LogP contribution is 2.27. The minimum absolute atomic E-state index is 0.0554. The SMILES string of the molecule is CC(C)CCc1c(-c2ccc(S(C)(=O)=O)c(F)c2)cnn(-c2ccc(F)c(F)c2)c1=O. The summed E-state index contributed by atoms with van der Waals surface area (Å²) >= 11 is 0. The first-order valence-electron chi connectivity index (χ1n) is 9.55. The number of aromatic nitrogens is 2. The van der Waals surface area contributed by atoms with E-state index in [-0.39, 0.29) is 11.6 Å². The van der Waals surface area contributed by atoms with Crippen LogP contribution >= 0.6 is 0 Å². The maximum absolute atomic E-state index is 14.4. The molecule has 0 spiro atoms. The quantitative estimate of drug-likeness (QED) is 0.561. The van der Waals surface area contributed by atoms with Crippen LogP contribution in [-0.2, 0) is 16.3 Å². The molecule has 0 atom stereocenters. The smallest absolute Gasteiger partial charge is 0.267 e. The van der Waals surface area contributed by atoms with Crippen LogP contribution in [0.5, 0.6) is 0 Å². The molecule has 3 aromatic rings. The lowest BCUT2D eigenvalue weighted by molar-refractivity contribution is 0.507. The summed E-state index contributed by atoms with van der Waals surface area (Å²) in [5.41, 5.74) is 0.477. The minimum atomic E-state index is -3.75. The zero-order chi connectivity index (χ0) is 22.9. The number of sulfone groups is 1. The van der Waals surface area contributed by atoms with E-state index in [0.29, 0.717) is 29.5 Å². The van der Waals surface area contributed by atoms with E-state index in [1.165, 1.54) is 18.3 Å². The normalized spacial score (nSPS) is 11.8. The van der Waals surface area contributed by atoms with Gasteiger partial charge < -0.3 is 0 Å². The van der Waals surface area contributed by atoms with Crippen molar-refractivity contribution in [2.75, 3.05) is 6.26 Å². The molecule has 0 aliphatic carbocycles. The third-order valence-electron chi connectivity index (χ3n) is 4.84. The zero-order valence-electron chi connectivity index (χ0n) is 17.2. The van der Waals surface area contributed by atoms with Crippen molar-refractivity contribution in [3.8, 4) is 16.8 Å². The Kier molecular flexibility index (Phi) is 6.35. The van der Waals surface area contributed by atoms with Gasteiger partial charge in [-0.25, -0.2) is 21.6 Å². The van der Waals surface area contributed by atoms with Gasteiger partial charge in [-0.2, -0.15) is 9.78 Å². The van der Waals surface area contributed by atoms with E-state index in [2.05, 4.69) is 5.10 Å². The fourth-order valence-electron chi connectivity index (χ4n) is 3.18. The number of hydrogen-bond donors (Lipinski definition) is 0. The summed E-state index contributed by atoms with van der Waals surface area (Å²) in [6.07, 6.45) is 3.23. The van der Waals surface area contributed by atoms with Gasteiger partial charge in [0.2, 0.25) is 0 Å². The Hall–Kier alpha value is -2.94. The lowest BCUT2D eigenvalue weighted by Gasteiger charge is -2.14. The van der Waals surface area contributed by atoms with Crippen LogP contribution in [-0.4, -0.2) is 24.5 Å². The van der Waals surface area contributed by atoms with Crippen LogP contribution in [0.4, 0.5) is 13.2 Å². The van der Waals surface area contributed by atoms with Gasteiger partial charge in [0.15, 0.2) is 21.5 Å². The maximum Gasteiger partial charge on any atom is 0.275 e. The van der Waals surface area contributed by atoms with Crippen LogP contribution in [0.2, 0.25) is 0 Å². The van der Waals surface area contributed by atoms with Crippen molar-refractivity contribution in [3.63, 3.8) is 0 Å². The molecule has 0 bridgehead atoms. The first-order valence-corrected chi connectivity index (χ1v) is 11.4. The average Bonchev–Trinajstić information content (AvgIpc) is 2.68. The fraction of sp³-hybridized carbons (Fsp3) is 0.273. The molecule has 0 aliphatic heterocycles. The summed E-state index contributed by atoms with van der Waals surface area (Å²) in [6, 6.07) is 6.62. The van der Waals surface area contributed by atoms with Crippen molar-refractivity contribution < 1.29 is 21.6 Å². The van der Waals surface area contributed by atoms with Crippen LogP contribution < -0.4 is 5.56 Å². The molecule has 9 heteroatoms. The third-order valence-corrected chi connectivity index (χ3v) is 5.97. The molecule has 1 heterocycles. The Bertz CT molecular complexity index is 1300. The number of nitrogens with zero attached hydrogens (tertiary/aromatic N) is 2. The average molecular weight is 450 g/mol. The predicted octanol–water partition coefficient (Wildman–Crippen LogP) is 4.31. The second-order valence-electron chi connectivity index (χ2n) is 7.70. The first kappa shape index (κ1) is 22.7. The molecule has 0 radical (unpaired) electrons. The summed E-state index contributed by atoms with van der Waals surface area (Å²) in [4.78, 5) is 12.7. The van der Waals surface area contributed by atoms with E-state index >= 15 is 0 Å². The maximum atomic E-state index is 14.4. The van der Waals surface area contributed by atoms with E-state index in [4.69, 9.17) is 0 Å². The van der Waals surface area contributed by atoms with Gasteiger partial charge in [-0.1, -0.05) is 19.9 Å². The van der Waals surface area contributed by atoms with Gasteiger partial charge in [0.05, 0.1) is 11.9 Å². The van der Waals surface area contributed by atoms with E-state index < -0.39 is 37.7 Å². The Labute approximate surface area is 178 Å². The van der Waals surface area contributed by atoms with Gasteiger partial charge in [0, 0.05) is 23.4 Å². The molecule has 0 saturated carbocycles. The Morgan fingerprint density at radius 1 is 1.00 bits per heavy atom. The topological polar surface area (TPSA) is 69.0 Å². The van der Waals surface area contributed by atoms with Crippen LogP contribution in [0.1, 0.15) is 25.8 Å². The Balaban J connectivity index is 2.19. The van der Waals surface area contributed by atoms with Gasteiger partial charge in [-0.05, 0) is 48.6 Å².